The number of hydrogen-bond donors (Lipinski definition) is 0. The molecule has 8 aromatic carbocycles. The molecule has 0 aromatic heterocycles. The fraction of sp³-hybridized carbons (Fsp3) is 0.200. The van der Waals surface area contributed by atoms with E-state index in [0.29, 0.717) is 0 Å². The Bertz CT molecular complexity index is 3070. The van der Waals surface area contributed by atoms with Crippen LogP contribution in [0.3, 0.4) is 0 Å². The van der Waals surface area contributed by atoms with Gasteiger partial charge >= 0.3 is 0 Å². The van der Waals surface area contributed by atoms with Gasteiger partial charge in [-0.15, -0.1) is 0 Å². The van der Waals surface area contributed by atoms with Crippen LogP contribution in [0, 0.1) is 13.8 Å². The third-order valence-corrected chi connectivity index (χ3v) is 14.8. The zero-order chi connectivity index (χ0) is 42.0. The van der Waals surface area contributed by atoms with Gasteiger partial charge in [0.15, 0.2) is 0 Å². The number of nitrogens with zero attached hydrogens (tertiary/aromatic N) is 1. The normalized spacial score (nSPS) is 16.8. The molecule has 0 radical (unpaired) electrons. The van der Waals surface area contributed by atoms with Crippen molar-refractivity contribution in [3.8, 4) is 44.5 Å². The van der Waals surface area contributed by atoms with Gasteiger partial charge in [-0.3, -0.25) is 0 Å². The molecule has 0 unspecified atom stereocenters. The summed E-state index contributed by atoms with van der Waals surface area (Å²) in [6.07, 6.45) is 5.32. The Balaban J connectivity index is 1.08. The van der Waals surface area contributed by atoms with Gasteiger partial charge in [-0.05, 0) is 152 Å². The summed E-state index contributed by atoms with van der Waals surface area (Å²) in [5.41, 5.74) is 25.0. The van der Waals surface area contributed by atoms with Crippen molar-refractivity contribution in [2.24, 2.45) is 0 Å². The summed E-state index contributed by atoms with van der Waals surface area (Å²) >= 11 is 0. The molecule has 1 nitrogen and oxygen atoms in total. The molecule has 0 saturated heterocycles. The van der Waals surface area contributed by atoms with Crippen molar-refractivity contribution in [3.05, 3.63) is 220 Å². The SMILES string of the molecule is [2H]C1(c2ccccc2-c2ccc(N(c3ccc4c(c3)-c3ccccc3C4(C)C)c3ccc4c(c3)C3(c5ccccc5-4)c4cc(C)ccc4-c4ccc(C)cc43)cc2)CCCCC1. The Morgan fingerprint density at radius 3 is 1.61 bits per heavy atom. The highest BCUT2D eigenvalue weighted by atomic mass is 15.1. The van der Waals surface area contributed by atoms with E-state index in [2.05, 4.69) is 202 Å². The van der Waals surface area contributed by atoms with Crippen molar-refractivity contribution < 1.29 is 1.37 Å². The molecule has 0 atom stereocenters. The van der Waals surface area contributed by atoms with Crippen LogP contribution in [0.4, 0.5) is 17.1 Å². The first-order valence-electron chi connectivity index (χ1n) is 22.9. The van der Waals surface area contributed by atoms with Gasteiger partial charge in [-0.1, -0.05) is 178 Å². The topological polar surface area (TPSA) is 3.24 Å². The average molecular weight is 787 g/mol. The second kappa shape index (κ2) is 13.5. The summed E-state index contributed by atoms with van der Waals surface area (Å²) in [5, 5.41) is 0. The van der Waals surface area contributed by atoms with Crippen molar-refractivity contribution in [2.45, 2.75) is 76.5 Å². The van der Waals surface area contributed by atoms with Gasteiger partial charge in [0.1, 0.15) is 0 Å². The predicted octanol–water partition coefficient (Wildman–Crippen LogP) is 16.1. The summed E-state index contributed by atoms with van der Waals surface area (Å²) in [5.74, 6) is -0.541. The number of fused-ring (bicyclic) bond motifs is 13. The monoisotopic (exact) mass is 786 g/mol. The van der Waals surface area contributed by atoms with Crippen LogP contribution in [0.1, 0.15) is 103 Å². The van der Waals surface area contributed by atoms with Crippen LogP contribution in [0.2, 0.25) is 0 Å². The zero-order valence-electron chi connectivity index (χ0n) is 36.6. The quantitative estimate of drug-likeness (QED) is 0.168. The lowest BCUT2D eigenvalue weighted by Gasteiger charge is -2.33. The Morgan fingerprint density at radius 2 is 0.918 bits per heavy atom. The number of anilines is 3. The molecule has 1 heteroatoms. The summed E-state index contributed by atoms with van der Waals surface area (Å²) in [4.78, 5) is 2.48. The Kier molecular flexibility index (Phi) is 7.84. The van der Waals surface area contributed by atoms with E-state index in [1.165, 1.54) is 95.4 Å². The van der Waals surface area contributed by atoms with Crippen LogP contribution in [0.25, 0.3) is 44.5 Å². The van der Waals surface area contributed by atoms with Crippen LogP contribution in [-0.4, -0.2) is 0 Å². The van der Waals surface area contributed by atoms with E-state index in [9.17, 15) is 1.37 Å². The second-order valence-corrected chi connectivity index (χ2v) is 18.6. The highest BCUT2D eigenvalue weighted by Crippen LogP contribution is 2.64. The maximum Gasteiger partial charge on any atom is 0.0726 e. The molecule has 61 heavy (non-hydrogen) atoms. The smallest absolute Gasteiger partial charge is 0.0726 e. The molecule has 1 saturated carbocycles. The minimum atomic E-state index is -0.541. The van der Waals surface area contributed by atoms with Crippen molar-refractivity contribution in [1.29, 1.82) is 0 Å². The molecule has 8 aromatic rings. The fourth-order valence-electron chi connectivity index (χ4n) is 11.9. The maximum atomic E-state index is 9.61. The molecule has 0 heterocycles. The molecule has 4 aliphatic rings. The Morgan fingerprint density at radius 1 is 0.426 bits per heavy atom. The summed E-state index contributed by atoms with van der Waals surface area (Å²) in [6, 6.07) is 64.5. The molecule has 296 valence electrons. The first-order chi connectivity index (χ1) is 30.2. The minimum absolute atomic E-state index is 0.0802. The molecule has 4 aliphatic carbocycles. The number of aryl methyl sites for hydroxylation is 2. The van der Waals surface area contributed by atoms with Crippen LogP contribution < -0.4 is 4.90 Å². The molecule has 1 fully saturated rings. The Labute approximate surface area is 362 Å². The van der Waals surface area contributed by atoms with Gasteiger partial charge in [0.05, 0.1) is 5.41 Å². The van der Waals surface area contributed by atoms with Gasteiger partial charge < -0.3 is 4.90 Å². The van der Waals surface area contributed by atoms with E-state index in [-0.39, 0.29) is 5.41 Å². The van der Waals surface area contributed by atoms with Crippen molar-refractivity contribution in [3.63, 3.8) is 0 Å². The van der Waals surface area contributed by atoms with Gasteiger partial charge in [-0.25, -0.2) is 0 Å². The lowest BCUT2D eigenvalue weighted by molar-refractivity contribution is 0.444. The standard InChI is InChI=1S/C60H51N/c1-38-22-30-49-50-31-23-39(2)35-57(50)60(56(49)34-38)55-21-13-11-18-47(55)51-32-28-44(37-58(51)60)61(43-29-33-54-52(36-43)48-19-10-12-20-53(48)59(54,3)4)42-26-24-41(25-27-42)46-17-9-8-16-45(46)40-14-6-5-7-15-40/h8-13,16-37,40H,5-7,14-15H2,1-4H3/i40D. The van der Waals surface area contributed by atoms with E-state index < -0.39 is 11.3 Å². The van der Waals surface area contributed by atoms with E-state index >= 15 is 0 Å². The maximum absolute atomic E-state index is 9.61. The molecule has 0 amide bonds. The molecule has 0 aliphatic heterocycles. The highest BCUT2D eigenvalue weighted by Gasteiger charge is 2.52. The molecular formula is C60H51N. The van der Waals surface area contributed by atoms with Crippen LogP contribution in [-0.2, 0) is 10.8 Å². The highest BCUT2D eigenvalue weighted by molar-refractivity contribution is 5.97. The van der Waals surface area contributed by atoms with Gasteiger partial charge in [-0.2, -0.15) is 0 Å². The molecule has 0 bridgehead atoms. The third kappa shape index (κ3) is 5.26. The lowest BCUT2D eigenvalue weighted by Crippen LogP contribution is -2.26. The van der Waals surface area contributed by atoms with Crippen LogP contribution in [0.15, 0.2) is 170 Å². The van der Waals surface area contributed by atoms with Gasteiger partial charge in [0.25, 0.3) is 0 Å². The number of benzene rings is 8. The number of rotatable bonds is 5. The summed E-state index contributed by atoms with van der Waals surface area (Å²) in [6.45, 7) is 9.18. The first kappa shape index (κ1) is 35.3. The first-order valence-corrected chi connectivity index (χ1v) is 22.4. The van der Waals surface area contributed by atoms with Crippen molar-refractivity contribution in [2.75, 3.05) is 4.90 Å². The van der Waals surface area contributed by atoms with E-state index in [1.54, 1.807) is 0 Å². The van der Waals surface area contributed by atoms with E-state index in [0.717, 1.165) is 48.3 Å². The summed E-state index contributed by atoms with van der Waals surface area (Å²) in [7, 11) is 0. The lowest BCUT2D eigenvalue weighted by atomic mass is 9.70. The molecule has 1 spiro atoms. The van der Waals surface area contributed by atoms with Crippen molar-refractivity contribution >= 4 is 17.1 Å². The average Bonchev–Trinajstić information content (AvgIpc) is 3.84. The fourth-order valence-corrected chi connectivity index (χ4v) is 11.9. The molecule has 0 N–H and O–H groups in total. The molecule has 12 rings (SSSR count). The minimum Gasteiger partial charge on any atom is -0.310 e. The summed E-state index contributed by atoms with van der Waals surface area (Å²) < 4.78 is 9.61. The Hall–Kier alpha value is -6.44. The van der Waals surface area contributed by atoms with E-state index in [1.807, 2.05) is 0 Å². The zero-order valence-corrected chi connectivity index (χ0v) is 35.6. The van der Waals surface area contributed by atoms with Crippen LogP contribution >= 0.6 is 0 Å². The van der Waals surface area contributed by atoms with Crippen molar-refractivity contribution in [1.82, 2.24) is 0 Å². The van der Waals surface area contributed by atoms with Gasteiger partial charge in [0.2, 0.25) is 0 Å². The van der Waals surface area contributed by atoms with Crippen LogP contribution in [0.5, 0.6) is 0 Å². The second-order valence-electron chi connectivity index (χ2n) is 18.6. The van der Waals surface area contributed by atoms with E-state index in [4.69, 9.17) is 0 Å². The third-order valence-electron chi connectivity index (χ3n) is 14.8. The largest absolute Gasteiger partial charge is 0.310 e. The number of hydrogen-bond acceptors (Lipinski definition) is 1. The predicted molar refractivity (Wildman–Crippen MR) is 256 cm³/mol. The van der Waals surface area contributed by atoms with Gasteiger partial charge in [0, 0.05) is 23.8 Å². The molecular weight excluding hydrogens is 735 g/mol.